The number of ether oxygens (including phenoxy) is 2. The van der Waals surface area contributed by atoms with Gasteiger partial charge in [0.1, 0.15) is 6.61 Å². The summed E-state index contributed by atoms with van der Waals surface area (Å²) in [5.41, 5.74) is 0. The second kappa shape index (κ2) is 9.44. The van der Waals surface area contributed by atoms with E-state index in [0.29, 0.717) is 0 Å². The fourth-order valence-corrected chi connectivity index (χ4v) is 2.29. The molecule has 0 spiro atoms. The summed E-state index contributed by atoms with van der Waals surface area (Å²) in [6.45, 7) is 4.49. The van der Waals surface area contributed by atoms with Crippen LogP contribution < -0.4 is 0 Å². The van der Waals surface area contributed by atoms with Crippen molar-refractivity contribution < 1.29 is 19.1 Å². The molecule has 1 atom stereocenters. The van der Waals surface area contributed by atoms with Crippen molar-refractivity contribution in [1.29, 1.82) is 0 Å². The van der Waals surface area contributed by atoms with E-state index in [1.807, 2.05) is 19.1 Å². The molecule has 1 rings (SSSR count). The van der Waals surface area contributed by atoms with Crippen molar-refractivity contribution in [2.45, 2.75) is 26.9 Å². The quantitative estimate of drug-likeness (QED) is 0.633. The van der Waals surface area contributed by atoms with Crippen LogP contribution in [0.5, 0.6) is 0 Å². The Morgan fingerprint density at radius 1 is 1.27 bits per heavy atom. The lowest BCUT2D eigenvalue weighted by molar-refractivity contribution is -0.156. The van der Waals surface area contributed by atoms with E-state index in [1.165, 1.54) is 25.2 Å². The van der Waals surface area contributed by atoms with Crippen LogP contribution in [0.15, 0.2) is 24.3 Å². The molecule has 4 nitrogen and oxygen atoms in total. The van der Waals surface area contributed by atoms with Gasteiger partial charge in [0, 0.05) is 18.7 Å². The summed E-state index contributed by atoms with van der Waals surface area (Å²) in [5, 5.41) is 0. The number of hydrogen-bond donors (Lipinski definition) is 0. The van der Waals surface area contributed by atoms with Crippen molar-refractivity contribution in [1.82, 2.24) is 0 Å². The molecule has 0 amide bonds. The first-order chi connectivity index (χ1) is 10.5. The van der Waals surface area contributed by atoms with Gasteiger partial charge in [-0.15, -0.1) is 11.3 Å². The Balaban J connectivity index is 2.82. The van der Waals surface area contributed by atoms with Gasteiger partial charge in [-0.1, -0.05) is 12.0 Å². The third-order valence-electron chi connectivity index (χ3n) is 2.26. The van der Waals surface area contributed by atoms with E-state index in [1.54, 1.807) is 12.1 Å². The molecular weight excluding hydrogens is 300 g/mol. The summed E-state index contributed by atoms with van der Waals surface area (Å²) in [6, 6.07) is 3.61. The Hall–Kier alpha value is -2.50. The van der Waals surface area contributed by atoms with Crippen molar-refractivity contribution in [3.05, 3.63) is 34.0 Å². The SMILES string of the molecule is C/C=C/C#CC#Cc1ccc([C@@H](COC(C)=O)OC(C)=O)s1. The molecule has 0 unspecified atom stereocenters. The summed E-state index contributed by atoms with van der Waals surface area (Å²) in [5.74, 6) is 10.3. The molecule has 22 heavy (non-hydrogen) atoms. The molecule has 114 valence electrons. The van der Waals surface area contributed by atoms with Crippen LogP contribution in [-0.4, -0.2) is 18.5 Å². The summed E-state index contributed by atoms with van der Waals surface area (Å²) < 4.78 is 10.1. The summed E-state index contributed by atoms with van der Waals surface area (Å²) in [4.78, 5) is 23.6. The normalized spacial score (nSPS) is 10.9. The first kappa shape index (κ1) is 17.6. The molecule has 0 N–H and O–H groups in total. The molecule has 0 aliphatic rings. The van der Waals surface area contributed by atoms with E-state index in [0.717, 1.165) is 9.75 Å². The standard InChI is InChI=1S/C17H16O4S/c1-4-5-6-7-8-9-15-10-11-17(22-15)16(21-14(3)19)12-20-13(2)18/h4-5,10-11,16H,12H2,1-3H3/b5-4+/t16-/m1/s1. The highest BCUT2D eigenvalue weighted by atomic mass is 32.1. The fourth-order valence-electron chi connectivity index (χ4n) is 1.41. The molecule has 0 fully saturated rings. The van der Waals surface area contributed by atoms with Crippen LogP contribution in [0.4, 0.5) is 0 Å². The van der Waals surface area contributed by atoms with E-state index in [4.69, 9.17) is 9.47 Å². The minimum atomic E-state index is -0.615. The summed E-state index contributed by atoms with van der Waals surface area (Å²) >= 11 is 1.37. The van der Waals surface area contributed by atoms with Crippen molar-refractivity contribution in [2.24, 2.45) is 0 Å². The largest absolute Gasteiger partial charge is 0.462 e. The Bertz CT molecular complexity index is 677. The highest BCUT2D eigenvalue weighted by Crippen LogP contribution is 2.26. The first-order valence-electron chi connectivity index (χ1n) is 6.56. The molecule has 0 radical (unpaired) electrons. The summed E-state index contributed by atoms with van der Waals surface area (Å²) in [7, 11) is 0. The zero-order valence-electron chi connectivity index (χ0n) is 12.6. The average molecular weight is 316 g/mol. The van der Waals surface area contributed by atoms with Crippen LogP contribution in [0.2, 0.25) is 0 Å². The number of esters is 2. The highest BCUT2D eigenvalue weighted by Gasteiger charge is 2.18. The van der Waals surface area contributed by atoms with Crippen LogP contribution in [0.3, 0.4) is 0 Å². The molecule has 0 aliphatic heterocycles. The summed E-state index contributed by atoms with van der Waals surface area (Å²) in [6.07, 6.45) is 2.93. The maximum atomic E-state index is 11.1. The molecule has 1 aromatic heterocycles. The minimum Gasteiger partial charge on any atom is -0.462 e. The van der Waals surface area contributed by atoms with Crippen LogP contribution in [0, 0.1) is 23.7 Å². The predicted molar refractivity (Wildman–Crippen MR) is 84.9 cm³/mol. The third-order valence-corrected chi connectivity index (χ3v) is 3.35. The van der Waals surface area contributed by atoms with Crippen molar-refractivity contribution >= 4 is 23.3 Å². The fraction of sp³-hybridized carbons (Fsp3) is 0.294. The lowest BCUT2D eigenvalue weighted by Gasteiger charge is -2.14. The maximum absolute atomic E-state index is 11.1. The number of rotatable bonds is 4. The first-order valence-corrected chi connectivity index (χ1v) is 7.37. The smallest absolute Gasteiger partial charge is 0.303 e. The van der Waals surface area contributed by atoms with Crippen molar-refractivity contribution in [3.63, 3.8) is 0 Å². The number of carbonyl (C=O) groups excluding carboxylic acids is 2. The molecule has 0 aromatic carbocycles. The van der Waals surface area contributed by atoms with E-state index in [-0.39, 0.29) is 6.61 Å². The third kappa shape index (κ3) is 6.78. The van der Waals surface area contributed by atoms with Gasteiger partial charge in [-0.2, -0.15) is 0 Å². The van der Waals surface area contributed by atoms with E-state index in [2.05, 4.69) is 23.7 Å². The lowest BCUT2D eigenvalue weighted by Crippen LogP contribution is -2.15. The molecule has 1 aromatic rings. The topological polar surface area (TPSA) is 52.6 Å². The van der Waals surface area contributed by atoms with Gasteiger partial charge < -0.3 is 9.47 Å². The van der Waals surface area contributed by atoms with Gasteiger partial charge in [-0.05, 0) is 42.9 Å². The number of allylic oxidation sites excluding steroid dienone is 2. The maximum Gasteiger partial charge on any atom is 0.303 e. The van der Waals surface area contributed by atoms with E-state index >= 15 is 0 Å². The predicted octanol–water partition coefficient (Wildman–Crippen LogP) is 2.85. The van der Waals surface area contributed by atoms with Crippen LogP contribution in [0.25, 0.3) is 0 Å². The second-order valence-corrected chi connectivity index (χ2v) is 5.24. The number of thiophene rings is 1. The highest BCUT2D eigenvalue weighted by molar-refractivity contribution is 7.12. The molecule has 1 heterocycles. The Labute approximate surface area is 134 Å². The monoisotopic (exact) mass is 316 g/mol. The minimum absolute atomic E-state index is 0.0105. The Kier molecular flexibility index (Phi) is 7.53. The van der Waals surface area contributed by atoms with Crippen molar-refractivity contribution in [3.8, 4) is 23.7 Å². The molecular formula is C17H16O4S. The van der Waals surface area contributed by atoms with Gasteiger partial charge in [0.25, 0.3) is 0 Å². The van der Waals surface area contributed by atoms with Gasteiger partial charge >= 0.3 is 11.9 Å². The van der Waals surface area contributed by atoms with Crippen LogP contribution in [-0.2, 0) is 19.1 Å². The number of carbonyl (C=O) groups is 2. The average Bonchev–Trinajstić information content (AvgIpc) is 2.91. The van der Waals surface area contributed by atoms with Crippen LogP contribution in [0.1, 0.15) is 36.6 Å². The molecule has 0 saturated heterocycles. The van der Waals surface area contributed by atoms with Gasteiger partial charge in [0.05, 0.1) is 4.88 Å². The van der Waals surface area contributed by atoms with Gasteiger partial charge in [0.2, 0.25) is 0 Å². The molecule has 0 saturated carbocycles. The Morgan fingerprint density at radius 3 is 2.68 bits per heavy atom. The van der Waals surface area contributed by atoms with Crippen LogP contribution >= 0.6 is 11.3 Å². The zero-order chi connectivity index (χ0) is 16.4. The van der Waals surface area contributed by atoms with E-state index < -0.39 is 18.0 Å². The van der Waals surface area contributed by atoms with Gasteiger partial charge in [0.15, 0.2) is 6.10 Å². The van der Waals surface area contributed by atoms with E-state index in [9.17, 15) is 9.59 Å². The molecule has 0 aliphatic carbocycles. The van der Waals surface area contributed by atoms with Gasteiger partial charge in [-0.3, -0.25) is 9.59 Å². The molecule has 5 heteroatoms. The molecule has 0 bridgehead atoms. The second-order valence-electron chi connectivity index (χ2n) is 4.12. The number of hydrogen-bond acceptors (Lipinski definition) is 5. The lowest BCUT2D eigenvalue weighted by atomic mass is 10.3. The Morgan fingerprint density at radius 2 is 2.05 bits per heavy atom. The van der Waals surface area contributed by atoms with Gasteiger partial charge in [-0.25, -0.2) is 0 Å². The van der Waals surface area contributed by atoms with Crippen molar-refractivity contribution in [2.75, 3.05) is 6.61 Å². The zero-order valence-corrected chi connectivity index (χ0v) is 13.5.